The van der Waals surface area contributed by atoms with Crippen molar-refractivity contribution in [3.63, 3.8) is 0 Å². The Hall–Kier alpha value is -2.05. The largest absolute Gasteiger partial charge is 0.455 e. The highest BCUT2D eigenvalue weighted by molar-refractivity contribution is 6.33. The molecule has 3 atom stereocenters. The van der Waals surface area contributed by atoms with E-state index in [-0.39, 0.29) is 22.3 Å². The first-order valence-electron chi connectivity index (χ1n) is 7.23. The predicted molar refractivity (Wildman–Crippen MR) is 83.3 cm³/mol. The number of carbonyl (C=O) groups is 1. The number of carbonyl (C=O) groups excluding carboxylic acids is 1. The first-order chi connectivity index (χ1) is 11.8. The maximum absolute atomic E-state index is 11.4. The van der Waals surface area contributed by atoms with Gasteiger partial charge >= 0.3 is 5.97 Å². The van der Waals surface area contributed by atoms with Gasteiger partial charge in [-0.15, -0.1) is 0 Å². The lowest BCUT2D eigenvalue weighted by molar-refractivity contribution is -0.156. The molecule has 12 heteroatoms. The summed E-state index contributed by atoms with van der Waals surface area (Å²) in [7, 11) is 0. The molecule has 2 aromatic heterocycles. The molecule has 0 aromatic carbocycles. The van der Waals surface area contributed by atoms with Gasteiger partial charge in [-0.25, -0.2) is 4.98 Å². The van der Waals surface area contributed by atoms with E-state index in [1.54, 1.807) is 0 Å². The number of hydrogen-bond acceptors (Lipinski definition) is 10. The van der Waals surface area contributed by atoms with Crippen molar-refractivity contribution in [1.82, 2.24) is 19.5 Å². The number of nitrogen functional groups attached to an aromatic ring is 1. The summed E-state index contributed by atoms with van der Waals surface area (Å²) < 4.78 is 12.1. The molecule has 2 aromatic rings. The number of imidazole rings is 1. The number of fused-ring (bicyclic) bond motifs is 1. The predicted octanol–water partition coefficient (Wildman–Crippen LogP) is -1.39. The standard InChI is InChI=1S/C13H16ClN5O6/c1-5(22)24-7-8(23)13(2-20,3-21)25-11(7)19-4-16-6-9(14)17-12(15)18-10(6)19/h4,7-8,11,20-21,23H,2-3H2,1H3,(H2,15,17,18)/t7-,8+,11-/m1/s1. The first kappa shape index (κ1) is 17.8. The molecule has 0 radical (unpaired) electrons. The highest BCUT2D eigenvalue weighted by atomic mass is 35.5. The van der Waals surface area contributed by atoms with Gasteiger partial charge in [-0.05, 0) is 0 Å². The van der Waals surface area contributed by atoms with E-state index in [0.717, 1.165) is 6.92 Å². The van der Waals surface area contributed by atoms with Crippen molar-refractivity contribution in [1.29, 1.82) is 0 Å². The van der Waals surface area contributed by atoms with Crippen LogP contribution in [0, 0.1) is 0 Å². The Kier molecular flexibility index (Phi) is 4.51. The van der Waals surface area contributed by atoms with Gasteiger partial charge in [0, 0.05) is 6.92 Å². The van der Waals surface area contributed by atoms with Gasteiger partial charge in [0.2, 0.25) is 5.95 Å². The molecule has 3 rings (SSSR count). The minimum absolute atomic E-state index is 0.0133. The zero-order chi connectivity index (χ0) is 18.4. The van der Waals surface area contributed by atoms with E-state index in [9.17, 15) is 20.1 Å². The number of nitrogens with two attached hydrogens (primary N) is 1. The van der Waals surface area contributed by atoms with Gasteiger partial charge in [-0.1, -0.05) is 11.6 Å². The van der Waals surface area contributed by atoms with Gasteiger partial charge in [0.25, 0.3) is 0 Å². The lowest BCUT2D eigenvalue weighted by Gasteiger charge is -2.27. The number of esters is 1. The zero-order valence-electron chi connectivity index (χ0n) is 13.0. The highest BCUT2D eigenvalue weighted by Crippen LogP contribution is 2.40. The fourth-order valence-electron chi connectivity index (χ4n) is 2.76. The number of aliphatic hydroxyl groups excluding tert-OH is 3. The van der Waals surface area contributed by atoms with Crippen LogP contribution in [-0.2, 0) is 14.3 Å². The molecule has 1 fully saturated rings. The summed E-state index contributed by atoms with van der Waals surface area (Å²) in [6.07, 6.45) is -2.56. The van der Waals surface area contributed by atoms with E-state index in [2.05, 4.69) is 15.0 Å². The maximum Gasteiger partial charge on any atom is 0.303 e. The van der Waals surface area contributed by atoms with Crippen LogP contribution in [0.2, 0.25) is 5.15 Å². The molecule has 0 saturated carbocycles. The van der Waals surface area contributed by atoms with Crippen LogP contribution in [0.15, 0.2) is 6.33 Å². The molecule has 136 valence electrons. The van der Waals surface area contributed by atoms with Crippen molar-refractivity contribution in [2.45, 2.75) is 31.0 Å². The second-order valence-corrected chi connectivity index (χ2v) is 5.96. The summed E-state index contributed by atoms with van der Waals surface area (Å²) in [6.45, 7) is -0.252. The van der Waals surface area contributed by atoms with Crippen molar-refractivity contribution < 1.29 is 29.6 Å². The Labute approximate surface area is 146 Å². The van der Waals surface area contributed by atoms with Gasteiger partial charge in [-0.2, -0.15) is 9.97 Å². The van der Waals surface area contributed by atoms with E-state index >= 15 is 0 Å². The minimum atomic E-state index is -1.73. The van der Waals surface area contributed by atoms with Gasteiger partial charge in [0.15, 0.2) is 23.1 Å². The average molecular weight is 374 g/mol. The van der Waals surface area contributed by atoms with Crippen LogP contribution in [0.4, 0.5) is 5.95 Å². The van der Waals surface area contributed by atoms with E-state index in [4.69, 9.17) is 26.8 Å². The number of aliphatic hydroxyl groups is 3. The van der Waals surface area contributed by atoms with Crippen molar-refractivity contribution in [3.05, 3.63) is 11.5 Å². The van der Waals surface area contributed by atoms with Crippen LogP contribution in [0.5, 0.6) is 0 Å². The summed E-state index contributed by atoms with van der Waals surface area (Å²) in [5.41, 5.74) is 4.27. The smallest absolute Gasteiger partial charge is 0.303 e. The molecule has 1 aliphatic rings. The summed E-state index contributed by atoms with van der Waals surface area (Å²) >= 11 is 5.98. The summed E-state index contributed by atoms with van der Waals surface area (Å²) in [5, 5.41) is 29.6. The van der Waals surface area contributed by atoms with E-state index in [0.29, 0.717) is 0 Å². The van der Waals surface area contributed by atoms with Crippen LogP contribution in [0.25, 0.3) is 11.2 Å². The minimum Gasteiger partial charge on any atom is -0.455 e. The fourth-order valence-corrected chi connectivity index (χ4v) is 2.98. The molecule has 1 saturated heterocycles. The Morgan fingerprint density at radius 2 is 2.16 bits per heavy atom. The van der Waals surface area contributed by atoms with Crippen LogP contribution in [0.1, 0.15) is 13.2 Å². The second-order valence-electron chi connectivity index (χ2n) is 5.60. The molecule has 0 amide bonds. The average Bonchev–Trinajstić information content (AvgIpc) is 3.08. The molecule has 1 aliphatic heterocycles. The SMILES string of the molecule is CC(=O)O[C@H]1[C@H](n2cnc3c(Cl)nc(N)nc32)OC(CO)(CO)[C@H]1O. The van der Waals surface area contributed by atoms with Crippen molar-refractivity contribution >= 4 is 34.7 Å². The van der Waals surface area contributed by atoms with Crippen molar-refractivity contribution in [2.75, 3.05) is 18.9 Å². The number of halogens is 1. The number of hydrogen-bond donors (Lipinski definition) is 4. The second kappa shape index (κ2) is 6.35. The Morgan fingerprint density at radius 1 is 1.48 bits per heavy atom. The molecule has 0 spiro atoms. The molecule has 3 heterocycles. The maximum atomic E-state index is 11.4. The van der Waals surface area contributed by atoms with Crippen LogP contribution in [0.3, 0.4) is 0 Å². The number of nitrogens with zero attached hydrogens (tertiary/aromatic N) is 4. The van der Waals surface area contributed by atoms with Gasteiger partial charge in [0.05, 0.1) is 19.5 Å². The van der Waals surface area contributed by atoms with Crippen LogP contribution in [-0.4, -0.2) is 71.8 Å². The summed E-state index contributed by atoms with van der Waals surface area (Å²) in [6, 6.07) is 0. The fraction of sp³-hybridized carbons (Fsp3) is 0.538. The number of anilines is 1. The molecule has 11 nitrogen and oxygen atoms in total. The van der Waals surface area contributed by atoms with Crippen molar-refractivity contribution in [3.8, 4) is 0 Å². The molecule has 0 unspecified atom stereocenters. The molecular weight excluding hydrogens is 358 g/mol. The third kappa shape index (κ3) is 2.79. The Bertz CT molecular complexity index is 810. The normalized spacial score (nSPS) is 25.4. The summed E-state index contributed by atoms with van der Waals surface area (Å²) in [4.78, 5) is 23.3. The number of ether oxygens (including phenoxy) is 2. The molecule has 0 aliphatic carbocycles. The molecule has 5 N–H and O–H groups in total. The van der Waals surface area contributed by atoms with E-state index in [1.807, 2.05) is 0 Å². The van der Waals surface area contributed by atoms with Gasteiger partial charge in [0.1, 0.15) is 17.2 Å². The first-order valence-corrected chi connectivity index (χ1v) is 7.61. The monoisotopic (exact) mass is 373 g/mol. The van der Waals surface area contributed by atoms with Crippen LogP contribution >= 0.6 is 11.6 Å². The van der Waals surface area contributed by atoms with E-state index in [1.165, 1.54) is 10.9 Å². The molecular formula is C13H16ClN5O6. The summed E-state index contributed by atoms with van der Waals surface area (Å²) in [5.74, 6) is -0.793. The lowest BCUT2D eigenvalue weighted by Crippen LogP contribution is -2.50. The van der Waals surface area contributed by atoms with Gasteiger partial charge < -0.3 is 30.5 Å². The number of aromatic nitrogens is 4. The Morgan fingerprint density at radius 3 is 2.76 bits per heavy atom. The third-order valence-corrected chi connectivity index (χ3v) is 4.26. The Balaban J connectivity index is 2.12. The quantitative estimate of drug-likeness (QED) is 0.370. The zero-order valence-corrected chi connectivity index (χ0v) is 13.8. The third-order valence-electron chi connectivity index (χ3n) is 3.99. The highest BCUT2D eigenvalue weighted by Gasteiger charge is 2.57. The number of rotatable bonds is 4. The molecule has 25 heavy (non-hydrogen) atoms. The lowest BCUT2D eigenvalue weighted by atomic mass is 9.97. The van der Waals surface area contributed by atoms with Gasteiger partial charge in [-0.3, -0.25) is 9.36 Å². The van der Waals surface area contributed by atoms with Crippen molar-refractivity contribution in [2.24, 2.45) is 0 Å². The topological polar surface area (TPSA) is 166 Å². The molecule has 0 bridgehead atoms. The van der Waals surface area contributed by atoms with E-state index < -0.39 is 43.2 Å². The van der Waals surface area contributed by atoms with Crippen LogP contribution < -0.4 is 5.73 Å².